The van der Waals surface area contributed by atoms with Crippen molar-refractivity contribution < 1.29 is 26.6 Å². The lowest BCUT2D eigenvalue weighted by atomic mass is 10.1. The van der Waals surface area contributed by atoms with Crippen LogP contribution in [0, 0.1) is 0 Å². The Morgan fingerprint density at radius 2 is 0.826 bits per heavy atom. The van der Waals surface area contributed by atoms with Crippen LogP contribution in [0.4, 0.5) is 0 Å². The van der Waals surface area contributed by atoms with E-state index in [1.807, 2.05) is 0 Å². The first kappa shape index (κ1) is 23.2. The van der Waals surface area contributed by atoms with Gasteiger partial charge in [0, 0.05) is 42.7 Å². The van der Waals surface area contributed by atoms with E-state index >= 15 is 0 Å². The Balaban J connectivity index is 6.33. The highest BCUT2D eigenvalue weighted by Gasteiger charge is 2.74. The lowest BCUT2D eigenvalue weighted by molar-refractivity contribution is 0.0471. The van der Waals surface area contributed by atoms with Gasteiger partial charge in [-0.15, -0.1) is 0 Å². The summed E-state index contributed by atoms with van der Waals surface area (Å²) in [5, 5.41) is 0. The van der Waals surface area contributed by atoms with Crippen molar-refractivity contribution in [3.05, 3.63) is 0 Å². The van der Waals surface area contributed by atoms with Crippen LogP contribution in [0.3, 0.4) is 0 Å². The van der Waals surface area contributed by atoms with Crippen molar-refractivity contribution in [3.8, 4) is 0 Å². The lowest BCUT2D eigenvalue weighted by Crippen LogP contribution is -2.69. The van der Waals surface area contributed by atoms with Gasteiger partial charge >= 0.3 is 17.6 Å². The summed E-state index contributed by atoms with van der Waals surface area (Å²) in [4.78, 5) is 0. The Bertz CT molecular complexity index is 262. The number of hydrogen-bond donors (Lipinski definition) is 0. The van der Waals surface area contributed by atoms with Gasteiger partial charge in [0.2, 0.25) is 0 Å². The van der Waals surface area contributed by atoms with Crippen molar-refractivity contribution in [3.63, 3.8) is 0 Å². The molecule has 0 aromatic heterocycles. The van der Waals surface area contributed by atoms with E-state index in [1.54, 1.807) is 42.7 Å². The molecule has 0 aliphatic carbocycles. The molecule has 0 fully saturated rings. The van der Waals surface area contributed by atoms with E-state index in [9.17, 15) is 0 Å². The second kappa shape index (κ2) is 10.9. The topological polar surface area (TPSA) is 55.4 Å². The molecule has 140 valence electrons. The monoisotopic (exact) mass is 368 g/mol. The smallest absolute Gasteiger partial charge is 0.377 e. The molecule has 0 atom stereocenters. The molecule has 6 nitrogen and oxygen atoms in total. The Hall–Kier alpha value is 0.194. The predicted molar refractivity (Wildman–Crippen MR) is 95.3 cm³/mol. The van der Waals surface area contributed by atoms with Crippen LogP contribution in [0.2, 0.25) is 4.66 Å². The third kappa shape index (κ3) is 4.24. The Morgan fingerprint density at radius 3 is 1.00 bits per heavy atom. The van der Waals surface area contributed by atoms with Gasteiger partial charge in [0.05, 0.1) is 0 Å². The van der Waals surface area contributed by atoms with Crippen molar-refractivity contribution in [2.45, 2.75) is 57.0 Å². The Kier molecular flexibility index (Phi) is 11.0. The standard InChI is InChI=1S/C15H36O6Si2/c1-9-11-13-15(14-12-10-2,22(16-3,17-4)18-5)23(19-6,20-7)21-8/h9-14H2,1-8H3. The van der Waals surface area contributed by atoms with Gasteiger partial charge in [-0.05, 0) is 12.8 Å². The van der Waals surface area contributed by atoms with E-state index in [4.69, 9.17) is 26.6 Å². The van der Waals surface area contributed by atoms with Crippen LogP contribution in [0.15, 0.2) is 0 Å². The van der Waals surface area contributed by atoms with Crippen molar-refractivity contribution in [2.24, 2.45) is 0 Å². The van der Waals surface area contributed by atoms with Gasteiger partial charge in [-0.25, -0.2) is 0 Å². The first-order valence-electron chi connectivity index (χ1n) is 8.30. The molecule has 0 heterocycles. The van der Waals surface area contributed by atoms with Crippen LogP contribution in [0.5, 0.6) is 0 Å². The Labute approximate surface area is 144 Å². The van der Waals surface area contributed by atoms with Crippen LogP contribution >= 0.6 is 0 Å². The van der Waals surface area contributed by atoms with Crippen LogP contribution in [0.25, 0.3) is 0 Å². The maximum absolute atomic E-state index is 5.90. The molecule has 0 aromatic carbocycles. The minimum Gasteiger partial charge on any atom is -0.377 e. The van der Waals surface area contributed by atoms with Gasteiger partial charge in [-0.3, -0.25) is 0 Å². The molecule has 0 aliphatic heterocycles. The fraction of sp³-hybridized carbons (Fsp3) is 1.00. The molecule has 0 aromatic rings. The molecule has 0 saturated carbocycles. The van der Waals surface area contributed by atoms with Crippen LogP contribution in [-0.2, 0) is 26.6 Å². The van der Waals surface area contributed by atoms with E-state index in [0.717, 1.165) is 38.5 Å². The minimum atomic E-state index is -3.08. The van der Waals surface area contributed by atoms with E-state index in [1.165, 1.54) is 0 Å². The van der Waals surface area contributed by atoms with Gasteiger partial charge in [-0.2, -0.15) is 0 Å². The number of hydrogen-bond acceptors (Lipinski definition) is 6. The summed E-state index contributed by atoms with van der Waals surface area (Å²) in [7, 11) is 3.70. The second-order valence-electron chi connectivity index (χ2n) is 5.63. The molecule has 0 aliphatic rings. The highest BCUT2D eigenvalue weighted by molar-refractivity contribution is 6.85. The fourth-order valence-electron chi connectivity index (χ4n) is 3.55. The zero-order chi connectivity index (χ0) is 18.0. The van der Waals surface area contributed by atoms with E-state index in [2.05, 4.69) is 13.8 Å². The lowest BCUT2D eigenvalue weighted by Gasteiger charge is -2.49. The van der Waals surface area contributed by atoms with Crippen LogP contribution < -0.4 is 0 Å². The predicted octanol–water partition coefficient (Wildman–Crippen LogP) is 3.40. The number of rotatable bonds is 14. The molecule has 0 rings (SSSR count). The molecule has 8 heteroatoms. The van der Waals surface area contributed by atoms with Crippen LogP contribution in [-0.4, -0.2) is 60.3 Å². The summed E-state index contributed by atoms with van der Waals surface area (Å²) >= 11 is 0. The molecule has 23 heavy (non-hydrogen) atoms. The summed E-state index contributed by atoms with van der Waals surface area (Å²) in [6, 6.07) is 0. The number of unbranched alkanes of at least 4 members (excludes halogenated alkanes) is 2. The third-order valence-electron chi connectivity index (χ3n) is 4.70. The molecule has 0 unspecified atom stereocenters. The summed E-state index contributed by atoms with van der Waals surface area (Å²) < 4.78 is 34.9. The molecule has 0 spiro atoms. The van der Waals surface area contributed by atoms with Gasteiger partial charge in [0.25, 0.3) is 0 Å². The first-order valence-corrected chi connectivity index (χ1v) is 11.7. The van der Waals surface area contributed by atoms with Crippen molar-refractivity contribution >= 4 is 17.6 Å². The minimum absolute atomic E-state index is 0.525. The molecule has 0 N–H and O–H groups in total. The average molecular weight is 369 g/mol. The first-order chi connectivity index (χ1) is 11.0. The van der Waals surface area contributed by atoms with Gasteiger partial charge in [0.15, 0.2) is 0 Å². The SMILES string of the molecule is CCCCC(CCCC)([Si](OC)(OC)OC)[Si](OC)(OC)OC. The van der Waals surface area contributed by atoms with E-state index in [-0.39, 0.29) is 0 Å². The zero-order valence-electron chi connectivity index (χ0n) is 16.2. The van der Waals surface area contributed by atoms with Crippen LogP contribution in [0.1, 0.15) is 52.4 Å². The summed E-state index contributed by atoms with van der Waals surface area (Å²) in [5.41, 5.74) is 0. The fourth-order valence-corrected chi connectivity index (χ4v) is 12.2. The highest BCUT2D eigenvalue weighted by Crippen LogP contribution is 2.55. The Morgan fingerprint density at radius 1 is 0.565 bits per heavy atom. The summed E-state index contributed by atoms with van der Waals surface area (Å²) in [5.74, 6) is 0. The highest BCUT2D eigenvalue weighted by atomic mass is 28.5. The zero-order valence-corrected chi connectivity index (χ0v) is 18.2. The summed E-state index contributed by atoms with van der Waals surface area (Å²) in [6.07, 6.45) is 5.76. The van der Waals surface area contributed by atoms with Crippen molar-refractivity contribution in [1.82, 2.24) is 0 Å². The normalized spacial score (nSPS) is 13.6. The van der Waals surface area contributed by atoms with Crippen molar-refractivity contribution in [1.29, 1.82) is 0 Å². The largest absolute Gasteiger partial charge is 0.511 e. The van der Waals surface area contributed by atoms with E-state index in [0.29, 0.717) is 0 Å². The maximum atomic E-state index is 5.90. The van der Waals surface area contributed by atoms with Crippen molar-refractivity contribution in [2.75, 3.05) is 42.7 Å². The molecular formula is C15H36O6Si2. The molecular weight excluding hydrogens is 332 g/mol. The third-order valence-corrected chi connectivity index (χ3v) is 13.1. The molecule has 0 amide bonds. The van der Waals surface area contributed by atoms with Gasteiger partial charge in [-0.1, -0.05) is 39.5 Å². The summed E-state index contributed by atoms with van der Waals surface area (Å²) in [6.45, 7) is 4.33. The van der Waals surface area contributed by atoms with Gasteiger partial charge < -0.3 is 26.6 Å². The molecule has 0 bridgehead atoms. The average Bonchev–Trinajstić information content (AvgIpc) is 2.61. The molecule has 0 radical (unpaired) electrons. The molecule has 0 saturated heterocycles. The van der Waals surface area contributed by atoms with Gasteiger partial charge in [0.1, 0.15) is 4.66 Å². The quantitative estimate of drug-likeness (QED) is 0.438. The second-order valence-corrected chi connectivity index (χ2v) is 12.7. The van der Waals surface area contributed by atoms with E-state index < -0.39 is 22.3 Å². The maximum Gasteiger partial charge on any atom is 0.511 e.